The third-order valence-corrected chi connectivity index (χ3v) is 4.52. The Kier molecular flexibility index (Phi) is 3.29. The average Bonchev–Trinajstić information content (AvgIpc) is 3.05. The topological polar surface area (TPSA) is 20.3 Å². The molecule has 1 amide bonds. The minimum atomic E-state index is 0.160. The van der Waals surface area contributed by atoms with Gasteiger partial charge in [-0.15, -0.1) is 11.6 Å². The van der Waals surface area contributed by atoms with Crippen molar-refractivity contribution in [3.8, 4) is 0 Å². The van der Waals surface area contributed by atoms with Crippen LogP contribution in [0.15, 0.2) is 18.2 Å². The Morgan fingerprint density at radius 2 is 2.11 bits per heavy atom. The van der Waals surface area contributed by atoms with Crippen LogP contribution in [0.2, 0.25) is 0 Å². The summed E-state index contributed by atoms with van der Waals surface area (Å²) in [6, 6.07) is 6.43. The van der Waals surface area contributed by atoms with Crippen molar-refractivity contribution in [3.63, 3.8) is 0 Å². The van der Waals surface area contributed by atoms with E-state index >= 15 is 0 Å². The van der Waals surface area contributed by atoms with Crippen LogP contribution in [0.3, 0.4) is 0 Å². The number of rotatable bonds is 2. The minimum Gasteiger partial charge on any atom is -0.334 e. The first kappa shape index (κ1) is 12.0. The largest absolute Gasteiger partial charge is 0.334 e. The number of halogens is 1. The molecule has 1 aromatic carbocycles. The van der Waals surface area contributed by atoms with Crippen LogP contribution < -0.4 is 0 Å². The molecule has 1 fully saturated rings. The van der Waals surface area contributed by atoms with E-state index in [-0.39, 0.29) is 11.9 Å². The average molecular weight is 264 g/mol. The number of likely N-dealkylation sites (tertiary alicyclic amines) is 1. The van der Waals surface area contributed by atoms with E-state index in [1.54, 1.807) is 0 Å². The van der Waals surface area contributed by atoms with E-state index in [9.17, 15) is 4.79 Å². The van der Waals surface area contributed by atoms with Gasteiger partial charge < -0.3 is 4.90 Å². The van der Waals surface area contributed by atoms with E-state index in [1.807, 2.05) is 11.0 Å². The van der Waals surface area contributed by atoms with E-state index in [0.717, 1.165) is 37.8 Å². The highest BCUT2D eigenvalue weighted by molar-refractivity contribution is 6.18. The lowest BCUT2D eigenvalue weighted by molar-refractivity contribution is 0.0749. The summed E-state index contributed by atoms with van der Waals surface area (Å²) in [7, 11) is 0. The summed E-state index contributed by atoms with van der Waals surface area (Å²) < 4.78 is 0. The van der Waals surface area contributed by atoms with E-state index in [2.05, 4.69) is 12.1 Å². The number of nitrogens with zero attached hydrogens (tertiary/aromatic N) is 1. The van der Waals surface area contributed by atoms with Gasteiger partial charge in [0.1, 0.15) is 0 Å². The lowest BCUT2D eigenvalue weighted by atomic mass is 10.1. The molecule has 0 radical (unpaired) electrons. The van der Waals surface area contributed by atoms with Crippen molar-refractivity contribution >= 4 is 17.5 Å². The van der Waals surface area contributed by atoms with E-state index in [0.29, 0.717) is 5.88 Å². The molecule has 1 atom stereocenters. The fraction of sp³-hybridized carbons (Fsp3) is 0.533. The number of benzene rings is 1. The molecule has 1 aliphatic carbocycles. The smallest absolute Gasteiger partial charge is 0.254 e. The zero-order chi connectivity index (χ0) is 12.5. The summed E-state index contributed by atoms with van der Waals surface area (Å²) in [5.74, 6) is 0.712. The van der Waals surface area contributed by atoms with Gasteiger partial charge in [0.15, 0.2) is 0 Å². The quantitative estimate of drug-likeness (QED) is 0.751. The van der Waals surface area contributed by atoms with Crippen molar-refractivity contribution in [1.29, 1.82) is 0 Å². The first-order chi connectivity index (χ1) is 8.79. The second-order valence-electron chi connectivity index (χ2n) is 5.29. The summed E-state index contributed by atoms with van der Waals surface area (Å²) in [6.07, 6.45) is 5.63. The fourth-order valence-electron chi connectivity index (χ4n) is 3.13. The van der Waals surface area contributed by atoms with E-state index < -0.39 is 0 Å². The van der Waals surface area contributed by atoms with Crippen molar-refractivity contribution in [2.45, 2.75) is 38.1 Å². The van der Waals surface area contributed by atoms with Gasteiger partial charge in [-0.05, 0) is 55.4 Å². The molecule has 0 aromatic heterocycles. The molecule has 2 nitrogen and oxygen atoms in total. The maximum Gasteiger partial charge on any atom is 0.254 e. The number of fused-ring (bicyclic) bond motifs is 1. The van der Waals surface area contributed by atoms with Crippen LogP contribution in [0, 0.1) is 0 Å². The molecular weight excluding hydrogens is 246 g/mol. The molecule has 1 aromatic rings. The number of hydrogen-bond acceptors (Lipinski definition) is 1. The van der Waals surface area contributed by atoms with Crippen molar-refractivity contribution < 1.29 is 4.79 Å². The Morgan fingerprint density at radius 1 is 1.28 bits per heavy atom. The van der Waals surface area contributed by atoms with Crippen LogP contribution in [0.25, 0.3) is 0 Å². The van der Waals surface area contributed by atoms with Crippen molar-refractivity contribution in [1.82, 2.24) is 4.90 Å². The Hall–Kier alpha value is -1.02. The lowest BCUT2D eigenvalue weighted by Crippen LogP contribution is -2.36. The van der Waals surface area contributed by atoms with E-state index in [4.69, 9.17) is 11.6 Å². The van der Waals surface area contributed by atoms with Crippen LogP contribution in [-0.4, -0.2) is 29.3 Å². The van der Waals surface area contributed by atoms with Crippen LogP contribution in [-0.2, 0) is 12.8 Å². The Bertz CT molecular complexity index is 472. The van der Waals surface area contributed by atoms with Crippen molar-refractivity contribution in [2.24, 2.45) is 0 Å². The number of aryl methyl sites for hydroxylation is 2. The van der Waals surface area contributed by atoms with Gasteiger partial charge in [-0.25, -0.2) is 0 Å². The number of carbonyl (C=O) groups is 1. The molecule has 1 saturated heterocycles. The van der Waals surface area contributed by atoms with Gasteiger partial charge in [0.05, 0.1) is 0 Å². The molecule has 3 heteroatoms. The second-order valence-corrected chi connectivity index (χ2v) is 5.59. The summed E-state index contributed by atoms with van der Waals surface area (Å²) in [4.78, 5) is 14.4. The van der Waals surface area contributed by atoms with Gasteiger partial charge in [-0.1, -0.05) is 6.07 Å². The molecule has 18 heavy (non-hydrogen) atoms. The number of carbonyl (C=O) groups excluding carboxylic acids is 1. The number of amides is 1. The predicted octanol–water partition coefficient (Wildman–Crippen LogP) is 3.02. The monoisotopic (exact) mass is 263 g/mol. The third-order valence-electron chi connectivity index (χ3n) is 4.16. The SMILES string of the molecule is O=C(c1ccc2c(c1)CCC2)N1CCCC1CCl. The molecule has 0 bridgehead atoms. The van der Waals surface area contributed by atoms with Crippen LogP contribution >= 0.6 is 11.6 Å². The molecular formula is C15H18ClNO. The molecule has 1 aliphatic heterocycles. The highest BCUT2D eigenvalue weighted by Gasteiger charge is 2.29. The molecule has 1 unspecified atom stereocenters. The second kappa shape index (κ2) is 4.93. The zero-order valence-corrected chi connectivity index (χ0v) is 11.2. The standard InChI is InChI=1S/C15H18ClNO/c16-10-14-5-2-8-17(14)15(18)13-7-6-11-3-1-4-12(11)9-13/h6-7,9,14H,1-5,8,10H2. The predicted molar refractivity (Wildman–Crippen MR) is 73.2 cm³/mol. The van der Waals surface area contributed by atoms with Crippen LogP contribution in [0.4, 0.5) is 0 Å². The lowest BCUT2D eigenvalue weighted by Gasteiger charge is -2.23. The van der Waals surface area contributed by atoms with Gasteiger partial charge >= 0.3 is 0 Å². The summed E-state index contributed by atoms with van der Waals surface area (Å²) in [5, 5.41) is 0. The van der Waals surface area contributed by atoms with Crippen molar-refractivity contribution in [2.75, 3.05) is 12.4 Å². The number of alkyl halides is 1. The molecule has 96 valence electrons. The fourth-order valence-corrected chi connectivity index (χ4v) is 3.46. The minimum absolute atomic E-state index is 0.160. The van der Waals surface area contributed by atoms with E-state index in [1.165, 1.54) is 17.5 Å². The number of hydrogen-bond donors (Lipinski definition) is 0. The third kappa shape index (κ3) is 2.03. The van der Waals surface area contributed by atoms with Crippen molar-refractivity contribution in [3.05, 3.63) is 34.9 Å². The highest BCUT2D eigenvalue weighted by Crippen LogP contribution is 2.25. The maximum absolute atomic E-state index is 12.5. The molecule has 2 aliphatic rings. The van der Waals surface area contributed by atoms with Gasteiger partial charge in [-0.3, -0.25) is 4.79 Å². The highest BCUT2D eigenvalue weighted by atomic mass is 35.5. The van der Waals surface area contributed by atoms with Gasteiger partial charge in [0.2, 0.25) is 0 Å². The first-order valence-corrected chi connectivity index (χ1v) is 7.32. The molecule has 0 saturated carbocycles. The summed E-state index contributed by atoms with van der Waals surface area (Å²) in [5.41, 5.74) is 3.62. The molecule has 0 N–H and O–H groups in total. The molecule has 1 heterocycles. The Morgan fingerprint density at radius 3 is 2.94 bits per heavy atom. The van der Waals surface area contributed by atoms with Gasteiger partial charge in [0, 0.05) is 24.0 Å². The zero-order valence-electron chi connectivity index (χ0n) is 10.5. The molecule has 3 rings (SSSR count). The maximum atomic E-state index is 12.5. The van der Waals surface area contributed by atoms with Crippen LogP contribution in [0.1, 0.15) is 40.7 Å². The first-order valence-electron chi connectivity index (χ1n) is 6.78. The summed E-state index contributed by atoms with van der Waals surface area (Å²) in [6.45, 7) is 0.854. The normalized spacial score (nSPS) is 22.3. The van der Waals surface area contributed by atoms with Gasteiger partial charge in [-0.2, -0.15) is 0 Å². The van der Waals surface area contributed by atoms with Gasteiger partial charge in [0.25, 0.3) is 5.91 Å². The van der Waals surface area contributed by atoms with Crippen LogP contribution in [0.5, 0.6) is 0 Å². The summed E-state index contributed by atoms with van der Waals surface area (Å²) >= 11 is 5.93. The Labute approximate surface area is 113 Å². The Balaban J connectivity index is 1.84. The molecule has 0 spiro atoms.